The van der Waals surface area contributed by atoms with Crippen molar-refractivity contribution in [1.82, 2.24) is 4.57 Å². The number of aromatic nitrogens is 1. The summed E-state index contributed by atoms with van der Waals surface area (Å²) in [6, 6.07) is 15.7. The molecule has 0 radical (unpaired) electrons. The van der Waals surface area contributed by atoms with Crippen molar-refractivity contribution in [3.8, 4) is 11.3 Å². The molecule has 0 unspecified atom stereocenters. The fourth-order valence-corrected chi connectivity index (χ4v) is 3.10. The Balaban J connectivity index is 2.36. The van der Waals surface area contributed by atoms with Crippen LogP contribution >= 0.6 is 0 Å². The Bertz CT molecular complexity index is 1210. The molecule has 3 rings (SSSR count). The van der Waals surface area contributed by atoms with Gasteiger partial charge in [-0.05, 0) is 17.2 Å². The minimum atomic E-state index is -6.61. The van der Waals surface area contributed by atoms with Gasteiger partial charge in [0.25, 0.3) is 11.2 Å². The lowest BCUT2D eigenvalue weighted by molar-refractivity contribution is -0.359. The predicted octanol–water partition coefficient (Wildman–Crippen LogP) is 6.40. The fourth-order valence-electron chi connectivity index (χ4n) is 3.10. The summed E-state index contributed by atoms with van der Waals surface area (Å²) >= 11 is 0. The van der Waals surface area contributed by atoms with E-state index in [2.05, 4.69) is 4.85 Å². The summed E-state index contributed by atoms with van der Waals surface area (Å²) in [5, 5.41) is 0. The van der Waals surface area contributed by atoms with Crippen LogP contribution in [0.4, 0.5) is 36.4 Å². The van der Waals surface area contributed by atoms with Gasteiger partial charge in [-0.1, -0.05) is 60.7 Å². The van der Waals surface area contributed by atoms with E-state index in [0.717, 1.165) is 4.57 Å². The van der Waals surface area contributed by atoms with E-state index < -0.39 is 34.8 Å². The number of hydrogen-bond donors (Lipinski definition) is 0. The van der Waals surface area contributed by atoms with E-state index in [4.69, 9.17) is 6.57 Å². The van der Waals surface area contributed by atoms with Crippen LogP contribution in [0, 0.1) is 6.57 Å². The third kappa shape index (κ3) is 3.86. The van der Waals surface area contributed by atoms with Crippen LogP contribution in [-0.2, 0) is 12.5 Å². The molecule has 1 heterocycles. The molecule has 0 amide bonds. The first-order valence-electron chi connectivity index (χ1n) is 8.99. The van der Waals surface area contributed by atoms with Gasteiger partial charge in [0.2, 0.25) is 0 Å². The minimum Gasteiger partial charge on any atom is -0.313 e. The maximum absolute atomic E-state index is 14.6. The molecule has 32 heavy (non-hydrogen) atoms. The summed E-state index contributed by atoms with van der Waals surface area (Å²) in [4.78, 5) is 15.5. The van der Waals surface area contributed by atoms with Crippen molar-refractivity contribution in [3.63, 3.8) is 0 Å². The molecular weight excluding hydrogens is 441 g/mol. The Labute approximate surface area is 177 Å². The summed E-state index contributed by atoms with van der Waals surface area (Å²) < 4.78 is 95.7. The Morgan fingerprint density at radius 3 is 1.88 bits per heavy atom. The molecular formula is C22H13F7N2O. The summed E-state index contributed by atoms with van der Waals surface area (Å²) in [5.41, 5.74) is -4.60. The van der Waals surface area contributed by atoms with E-state index >= 15 is 0 Å². The van der Waals surface area contributed by atoms with Crippen molar-refractivity contribution >= 4 is 5.69 Å². The lowest BCUT2D eigenvalue weighted by Gasteiger charge is -2.30. The number of benzene rings is 2. The van der Waals surface area contributed by atoms with Crippen LogP contribution in [0.2, 0.25) is 0 Å². The molecule has 1 aromatic heterocycles. The van der Waals surface area contributed by atoms with Crippen LogP contribution in [0.5, 0.6) is 0 Å². The van der Waals surface area contributed by atoms with Crippen molar-refractivity contribution < 1.29 is 30.7 Å². The molecule has 3 aromatic rings. The SMILES string of the molecule is [C-]#[N+]c1c(C(F)(F)C(F)(F)C(F)(F)F)cc(-c2ccccc2)n(Cc2ccccc2)c1=O. The fraction of sp³-hybridized carbons (Fsp3) is 0.182. The first kappa shape index (κ1) is 23.1. The second kappa shape index (κ2) is 8.15. The summed E-state index contributed by atoms with van der Waals surface area (Å²) in [5.74, 6) is -12.4. The third-order valence-corrected chi connectivity index (χ3v) is 4.73. The van der Waals surface area contributed by atoms with Crippen molar-refractivity contribution in [2.24, 2.45) is 0 Å². The molecule has 0 atom stereocenters. The number of hydrogen-bond acceptors (Lipinski definition) is 1. The van der Waals surface area contributed by atoms with Crippen molar-refractivity contribution in [2.45, 2.75) is 24.6 Å². The largest absolute Gasteiger partial charge is 0.460 e. The van der Waals surface area contributed by atoms with Gasteiger partial charge in [-0.3, -0.25) is 4.79 Å². The second-order valence-corrected chi connectivity index (χ2v) is 6.79. The Kier molecular flexibility index (Phi) is 5.87. The maximum Gasteiger partial charge on any atom is 0.460 e. The maximum atomic E-state index is 14.6. The van der Waals surface area contributed by atoms with Crippen LogP contribution in [0.25, 0.3) is 16.1 Å². The third-order valence-electron chi connectivity index (χ3n) is 4.73. The number of nitrogens with zero attached hydrogens (tertiary/aromatic N) is 2. The molecule has 2 aromatic carbocycles. The highest BCUT2D eigenvalue weighted by Gasteiger charge is 2.74. The van der Waals surface area contributed by atoms with Gasteiger partial charge < -0.3 is 4.57 Å². The van der Waals surface area contributed by atoms with Crippen LogP contribution < -0.4 is 5.56 Å². The topological polar surface area (TPSA) is 26.4 Å². The van der Waals surface area contributed by atoms with Gasteiger partial charge in [-0.2, -0.15) is 30.7 Å². The molecule has 0 spiro atoms. The van der Waals surface area contributed by atoms with Gasteiger partial charge in [0.05, 0.1) is 6.57 Å². The van der Waals surface area contributed by atoms with Gasteiger partial charge in [0, 0.05) is 17.8 Å². The van der Waals surface area contributed by atoms with Crippen LogP contribution in [0.15, 0.2) is 71.5 Å². The van der Waals surface area contributed by atoms with E-state index in [1.54, 1.807) is 36.4 Å². The van der Waals surface area contributed by atoms with Gasteiger partial charge in [0.15, 0.2) is 0 Å². The van der Waals surface area contributed by atoms with Gasteiger partial charge >= 0.3 is 18.0 Å². The molecule has 10 heteroatoms. The lowest BCUT2D eigenvalue weighted by Crippen LogP contribution is -2.50. The highest BCUT2D eigenvalue weighted by Crippen LogP contribution is 2.53. The molecule has 0 fully saturated rings. The highest BCUT2D eigenvalue weighted by molar-refractivity contribution is 5.66. The molecule has 0 aliphatic heterocycles. The molecule has 0 saturated carbocycles. The van der Waals surface area contributed by atoms with E-state index in [1.165, 1.54) is 24.3 Å². The van der Waals surface area contributed by atoms with E-state index in [1.807, 2.05) is 0 Å². The molecule has 0 saturated heterocycles. The second-order valence-electron chi connectivity index (χ2n) is 6.79. The van der Waals surface area contributed by atoms with E-state index in [0.29, 0.717) is 11.6 Å². The number of pyridine rings is 1. The molecule has 0 aliphatic carbocycles. The highest BCUT2D eigenvalue weighted by atomic mass is 19.4. The predicted molar refractivity (Wildman–Crippen MR) is 103 cm³/mol. The first-order chi connectivity index (χ1) is 14.9. The summed E-state index contributed by atoms with van der Waals surface area (Å²) in [7, 11) is 0. The van der Waals surface area contributed by atoms with Crippen molar-refractivity contribution in [3.05, 3.63) is 99.6 Å². The monoisotopic (exact) mass is 454 g/mol. The molecule has 0 aliphatic rings. The zero-order chi connectivity index (χ0) is 23.7. The minimum absolute atomic E-state index is 0.115. The lowest BCUT2D eigenvalue weighted by atomic mass is 9.97. The van der Waals surface area contributed by atoms with Crippen LogP contribution in [-0.4, -0.2) is 16.7 Å². The van der Waals surface area contributed by atoms with E-state index in [9.17, 15) is 35.5 Å². The molecule has 0 N–H and O–H groups in total. The zero-order valence-electron chi connectivity index (χ0n) is 16.0. The van der Waals surface area contributed by atoms with Crippen molar-refractivity contribution in [2.75, 3.05) is 0 Å². The normalized spacial score (nSPS) is 12.4. The Morgan fingerprint density at radius 2 is 1.38 bits per heavy atom. The number of rotatable bonds is 5. The Hall–Kier alpha value is -3.61. The van der Waals surface area contributed by atoms with Gasteiger partial charge in [-0.15, -0.1) is 0 Å². The van der Waals surface area contributed by atoms with Crippen LogP contribution in [0.1, 0.15) is 11.1 Å². The average Bonchev–Trinajstić information content (AvgIpc) is 2.75. The Morgan fingerprint density at radius 1 is 0.844 bits per heavy atom. The standard InChI is InChI=1S/C22H13F7N2O/c1-30-18-16(20(23,24)21(25,26)22(27,28)29)12-17(15-10-6-3-7-11-15)31(19(18)32)13-14-8-4-2-5-9-14/h2-12H,13H2. The average molecular weight is 454 g/mol. The smallest absolute Gasteiger partial charge is 0.313 e. The molecule has 166 valence electrons. The quantitative estimate of drug-likeness (QED) is 0.324. The van der Waals surface area contributed by atoms with Crippen molar-refractivity contribution in [1.29, 1.82) is 0 Å². The van der Waals surface area contributed by atoms with Gasteiger partial charge in [-0.25, -0.2) is 4.85 Å². The first-order valence-corrected chi connectivity index (χ1v) is 8.99. The number of alkyl halides is 7. The van der Waals surface area contributed by atoms with Crippen LogP contribution in [0.3, 0.4) is 0 Å². The summed E-state index contributed by atoms with van der Waals surface area (Å²) in [6.07, 6.45) is -6.61. The molecule has 0 bridgehead atoms. The van der Waals surface area contributed by atoms with E-state index in [-0.39, 0.29) is 17.8 Å². The zero-order valence-corrected chi connectivity index (χ0v) is 16.0. The van der Waals surface area contributed by atoms with Gasteiger partial charge in [0.1, 0.15) is 0 Å². The molecule has 3 nitrogen and oxygen atoms in total. The summed E-state index contributed by atoms with van der Waals surface area (Å²) in [6.45, 7) is 6.84. The number of halogens is 7.